The third-order valence-electron chi connectivity index (χ3n) is 2.24. The van der Waals surface area contributed by atoms with Crippen molar-refractivity contribution in [2.45, 2.75) is 26.7 Å². The van der Waals surface area contributed by atoms with E-state index in [0.717, 1.165) is 0 Å². The van der Waals surface area contributed by atoms with Crippen LogP contribution < -0.4 is 0 Å². The number of halogens is 3. The van der Waals surface area contributed by atoms with Gasteiger partial charge in [0.15, 0.2) is 0 Å². The average Bonchev–Trinajstić information content (AvgIpc) is 2.23. The van der Waals surface area contributed by atoms with Crippen LogP contribution in [0.3, 0.4) is 0 Å². The zero-order valence-corrected chi connectivity index (χ0v) is 11.1. The molecule has 0 aromatic carbocycles. The fraction of sp³-hybridized carbons (Fsp3) is 0.455. The van der Waals surface area contributed by atoms with Gasteiger partial charge in [0.1, 0.15) is 0 Å². The minimum Gasteiger partial charge on any atom is -0.466 e. The molecule has 0 saturated carbocycles. The molecule has 0 spiro atoms. The van der Waals surface area contributed by atoms with Gasteiger partial charge in [0.2, 0.25) is 0 Å². The lowest BCUT2D eigenvalue weighted by molar-refractivity contribution is -0.142. The molecule has 0 aliphatic rings. The smallest absolute Gasteiger partial charge is 0.310 e. The van der Waals surface area contributed by atoms with E-state index >= 15 is 0 Å². The van der Waals surface area contributed by atoms with E-state index in [4.69, 9.17) is 4.74 Å². The Morgan fingerprint density at radius 1 is 1.59 bits per heavy atom. The first-order valence-corrected chi connectivity index (χ1v) is 5.84. The number of esters is 1. The zero-order chi connectivity index (χ0) is 13.0. The van der Waals surface area contributed by atoms with E-state index in [1.807, 2.05) is 0 Å². The Morgan fingerprint density at radius 2 is 2.24 bits per heavy atom. The van der Waals surface area contributed by atoms with E-state index in [1.54, 1.807) is 13.8 Å². The van der Waals surface area contributed by atoms with Crippen molar-refractivity contribution < 1.29 is 18.3 Å². The number of aryl methyl sites for hydroxylation is 1. The van der Waals surface area contributed by atoms with Gasteiger partial charge in [-0.05, 0) is 35.3 Å². The Kier molecular flexibility index (Phi) is 4.99. The Bertz CT molecular complexity index is 424. The van der Waals surface area contributed by atoms with Crippen LogP contribution in [0.1, 0.15) is 30.2 Å². The molecule has 94 valence electrons. The molecule has 0 unspecified atom stereocenters. The van der Waals surface area contributed by atoms with Crippen LogP contribution >= 0.6 is 15.9 Å². The molecule has 0 bridgehead atoms. The van der Waals surface area contributed by atoms with Gasteiger partial charge in [0.05, 0.1) is 13.0 Å². The van der Waals surface area contributed by atoms with Gasteiger partial charge < -0.3 is 4.74 Å². The highest BCUT2D eigenvalue weighted by Crippen LogP contribution is 2.31. The van der Waals surface area contributed by atoms with E-state index in [2.05, 4.69) is 20.9 Å². The van der Waals surface area contributed by atoms with Crippen LogP contribution in [0.5, 0.6) is 0 Å². The Hall–Kier alpha value is -1.04. The van der Waals surface area contributed by atoms with E-state index in [-0.39, 0.29) is 28.6 Å². The van der Waals surface area contributed by atoms with Crippen molar-refractivity contribution in [3.8, 4) is 0 Å². The molecule has 0 N–H and O–H groups in total. The predicted octanol–water partition coefficient (Wildman–Crippen LogP) is 3.20. The van der Waals surface area contributed by atoms with Gasteiger partial charge in [-0.1, -0.05) is 0 Å². The summed E-state index contributed by atoms with van der Waals surface area (Å²) < 4.78 is 30.7. The lowest BCUT2D eigenvalue weighted by atomic mass is 10.0. The maximum atomic E-state index is 12.9. The summed E-state index contributed by atoms with van der Waals surface area (Å²) in [4.78, 5) is 15.3. The van der Waals surface area contributed by atoms with Crippen LogP contribution in [0.4, 0.5) is 8.78 Å². The minimum atomic E-state index is -2.66. The number of pyridine rings is 1. The quantitative estimate of drug-likeness (QED) is 0.802. The highest BCUT2D eigenvalue weighted by Gasteiger charge is 2.21. The number of carbonyl (C=O) groups is 1. The first-order chi connectivity index (χ1) is 7.97. The molecule has 0 aliphatic carbocycles. The summed E-state index contributed by atoms with van der Waals surface area (Å²) in [5.41, 5.74) is 0.454. The van der Waals surface area contributed by atoms with Crippen molar-refractivity contribution in [1.82, 2.24) is 4.98 Å². The summed E-state index contributed by atoms with van der Waals surface area (Å²) in [6.45, 7) is 3.48. The molecule has 1 aromatic heterocycles. The van der Waals surface area contributed by atoms with E-state index < -0.39 is 12.4 Å². The molecule has 1 aromatic rings. The summed E-state index contributed by atoms with van der Waals surface area (Å²) in [5, 5.41) is 0. The van der Waals surface area contributed by atoms with Crippen LogP contribution in [-0.2, 0) is 16.0 Å². The molecule has 0 atom stereocenters. The monoisotopic (exact) mass is 307 g/mol. The number of nitrogens with zero attached hydrogens (tertiary/aromatic N) is 1. The largest absolute Gasteiger partial charge is 0.466 e. The molecule has 0 radical (unpaired) electrons. The minimum absolute atomic E-state index is 0.189. The number of hydrogen-bond donors (Lipinski definition) is 0. The molecule has 3 nitrogen and oxygen atoms in total. The second kappa shape index (κ2) is 6.05. The third kappa shape index (κ3) is 3.46. The predicted molar refractivity (Wildman–Crippen MR) is 62.0 cm³/mol. The highest BCUT2D eigenvalue weighted by molar-refractivity contribution is 9.10. The fourth-order valence-electron chi connectivity index (χ4n) is 1.46. The molecule has 0 aliphatic heterocycles. The maximum Gasteiger partial charge on any atom is 0.310 e. The third-order valence-corrected chi connectivity index (χ3v) is 2.87. The van der Waals surface area contributed by atoms with Gasteiger partial charge in [-0.25, -0.2) is 8.78 Å². The van der Waals surface area contributed by atoms with Gasteiger partial charge in [-0.3, -0.25) is 9.78 Å². The molecular formula is C11H12BrF2NO2. The van der Waals surface area contributed by atoms with E-state index in [1.165, 1.54) is 6.20 Å². The second-order valence-corrected chi connectivity index (χ2v) is 4.22. The van der Waals surface area contributed by atoms with Crippen LogP contribution in [0.2, 0.25) is 0 Å². The molecule has 17 heavy (non-hydrogen) atoms. The van der Waals surface area contributed by atoms with Gasteiger partial charge in [0, 0.05) is 21.9 Å². The Morgan fingerprint density at radius 3 is 2.76 bits per heavy atom. The Balaban J connectivity index is 3.12. The van der Waals surface area contributed by atoms with Crippen LogP contribution in [0.25, 0.3) is 0 Å². The van der Waals surface area contributed by atoms with Crippen LogP contribution in [0.15, 0.2) is 10.7 Å². The van der Waals surface area contributed by atoms with Crippen molar-refractivity contribution in [1.29, 1.82) is 0 Å². The SMILES string of the molecule is CCOC(=O)Cc1c(C)ncc(Br)c1C(F)F. The van der Waals surface area contributed by atoms with E-state index in [0.29, 0.717) is 5.69 Å². The zero-order valence-electron chi connectivity index (χ0n) is 9.47. The molecule has 6 heteroatoms. The molecule has 0 fully saturated rings. The van der Waals surface area contributed by atoms with Gasteiger partial charge in [0.25, 0.3) is 6.43 Å². The number of aromatic nitrogens is 1. The fourth-order valence-corrected chi connectivity index (χ4v) is 1.97. The second-order valence-electron chi connectivity index (χ2n) is 3.37. The number of hydrogen-bond acceptors (Lipinski definition) is 3. The first-order valence-electron chi connectivity index (χ1n) is 5.05. The van der Waals surface area contributed by atoms with Crippen molar-refractivity contribution >= 4 is 21.9 Å². The number of carbonyl (C=O) groups excluding carboxylic acids is 1. The van der Waals surface area contributed by atoms with Gasteiger partial charge >= 0.3 is 5.97 Å². The number of ether oxygens (including phenoxy) is 1. The summed E-state index contributed by atoms with van der Waals surface area (Å²) in [6.07, 6.45) is -1.53. The van der Waals surface area contributed by atoms with Crippen molar-refractivity contribution in [3.05, 3.63) is 27.5 Å². The lowest BCUT2D eigenvalue weighted by Crippen LogP contribution is -2.12. The summed E-state index contributed by atoms with van der Waals surface area (Å²) in [5.74, 6) is -0.530. The lowest BCUT2D eigenvalue weighted by Gasteiger charge is -2.12. The number of alkyl halides is 2. The number of rotatable bonds is 4. The van der Waals surface area contributed by atoms with Gasteiger partial charge in [-0.15, -0.1) is 0 Å². The summed E-state index contributed by atoms with van der Waals surface area (Å²) in [6, 6.07) is 0. The summed E-state index contributed by atoms with van der Waals surface area (Å²) in [7, 11) is 0. The summed E-state index contributed by atoms with van der Waals surface area (Å²) >= 11 is 3.02. The van der Waals surface area contributed by atoms with E-state index in [9.17, 15) is 13.6 Å². The van der Waals surface area contributed by atoms with Crippen LogP contribution in [-0.4, -0.2) is 17.6 Å². The standard InChI is InChI=1S/C11H12BrF2NO2/c1-3-17-9(16)4-7-6(2)15-5-8(12)10(7)11(13)14/h5,11H,3-4H2,1-2H3. The van der Waals surface area contributed by atoms with Gasteiger partial charge in [-0.2, -0.15) is 0 Å². The Labute approximate surface area is 106 Å². The molecule has 0 saturated heterocycles. The first kappa shape index (κ1) is 14.0. The average molecular weight is 308 g/mol. The highest BCUT2D eigenvalue weighted by atomic mass is 79.9. The molecule has 1 rings (SSSR count). The molecule has 1 heterocycles. The van der Waals surface area contributed by atoms with Crippen molar-refractivity contribution in [2.24, 2.45) is 0 Å². The molecular weight excluding hydrogens is 296 g/mol. The van der Waals surface area contributed by atoms with Crippen LogP contribution in [0, 0.1) is 6.92 Å². The normalized spacial score (nSPS) is 10.7. The topological polar surface area (TPSA) is 39.2 Å². The van der Waals surface area contributed by atoms with Crippen molar-refractivity contribution in [2.75, 3.05) is 6.61 Å². The maximum absolute atomic E-state index is 12.9. The van der Waals surface area contributed by atoms with Crippen molar-refractivity contribution in [3.63, 3.8) is 0 Å². The molecule has 0 amide bonds.